The number of benzene rings is 2. The maximum absolute atomic E-state index is 6.10. The standard InChI is InChI=1S/C20H16IN5O2S/c21-13-8-14-15(28-11-27-14)9-16(13)29-20-24-17-18(22)23-10-26(19(17)25-20)7-6-12-4-2-1-3-5-12/h1-5,8-10H,6-7,11H2,(H2,22,24,25)/p+1. The average molecular weight is 518 g/mol. The molecule has 0 fully saturated rings. The second-order valence-electron chi connectivity index (χ2n) is 6.54. The number of nitrogens with zero attached hydrogens (tertiary/aromatic N) is 3. The van der Waals surface area contributed by atoms with Crippen LogP contribution in [0.15, 0.2) is 58.8 Å². The van der Waals surface area contributed by atoms with Crippen LogP contribution < -0.4 is 19.8 Å². The maximum Gasteiger partial charge on any atom is 0.294 e. The van der Waals surface area contributed by atoms with E-state index in [1.54, 1.807) is 6.33 Å². The Morgan fingerprint density at radius 1 is 1.17 bits per heavy atom. The number of aryl methyl sites for hydroxylation is 2. The van der Waals surface area contributed by atoms with E-state index in [1.807, 2.05) is 34.9 Å². The molecule has 0 radical (unpaired) electrons. The molecule has 3 N–H and O–H groups in total. The van der Waals surface area contributed by atoms with Gasteiger partial charge in [0.15, 0.2) is 17.0 Å². The van der Waals surface area contributed by atoms with Crippen LogP contribution >= 0.6 is 34.4 Å². The van der Waals surface area contributed by atoms with Gasteiger partial charge in [-0.1, -0.05) is 40.3 Å². The minimum atomic E-state index is 0.258. The fraction of sp³-hybridized carbons (Fsp3) is 0.150. The molecule has 0 saturated carbocycles. The van der Waals surface area contributed by atoms with Crippen LogP contribution in [0.2, 0.25) is 0 Å². The Bertz CT molecular complexity index is 1200. The number of anilines is 1. The van der Waals surface area contributed by atoms with Crippen LogP contribution in [-0.2, 0) is 13.0 Å². The third kappa shape index (κ3) is 3.71. The summed E-state index contributed by atoms with van der Waals surface area (Å²) in [6.45, 7) is 1.03. The summed E-state index contributed by atoms with van der Waals surface area (Å²) in [6.07, 6.45) is 2.64. The van der Waals surface area contributed by atoms with E-state index in [-0.39, 0.29) is 6.79 Å². The zero-order valence-electron chi connectivity index (χ0n) is 15.3. The molecule has 29 heavy (non-hydrogen) atoms. The Morgan fingerprint density at radius 2 is 1.97 bits per heavy atom. The first-order valence-corrected chi connectivity index (χ1v) is 10.9. The number of halogens is 1. The molecular weight excluding hydrogens is 501 g/mol. The fourth-order valence-corrected chi connectivity index (χ4v) is 4.75. The number of nitrogens with one attached hydrogen (secondary N) is 1. The Hall–Kier alpha value is -2.53. The second-order valence-corrected chi connectivity index (χ2v) is 8.73. The molecule has 0 spiro atoms. The first-order chi connectivity index (χ1) is 14.2. The fourth-order valence-electron chi connectivity index (χ4n) is 3.17. The minimum absolute atomic E-state index is 0.258. The van der Waals surface area contributed by atoms with E-state index in [9.17, 15) is 0 Å². The van der Waals surface area contributed by atoms with Gasteiger partial charge in [0.1, 0.15) is 0 Å². The smallest absolute Gasteiger partial charge is 0.294 e. The summed E-state index contributed by atoms with van der Waals surface area (Å²) in [5.41, 5.74) is 8.92. The first-order valence-electron chi connectivity index (χ1n) is 9.02. The van der Waals surface area contributed by atoms with Crippen molar-refractivity contribution in [2.75, 3.05) is 12.5 Å². The molecular formula is C20H17IN5O2S+. The molecule has 0 bridgehead atoms. The Kier molecular flexibility index (Phi) is 4.92. The summed E-state index contributed by atoms with van der Waals surface area (Å²) < 4.78 is 14.0. The van der Waals surface area contributed by atoms with Crippen molar-refractivity contribution in [3.63, 3.8) is 0 Å². The highest BCUT2D eigenvalue weighted by Gasteiger charge is 2.22. The molecule has 7 nitrogen and oxygen atoms in total. The van der Waals surface area contributed by atoms with Crippen molar-refractivity contribution in [2.45, 2.75) is 23.0 Å². The van der Waals surface area contributed by atoms with Gasteiger partial charge in [0.05, 0.1) is 6.54 Å². The van der Waals surface area contributed by atoms with Crippen LogP contribution in [0.5, 0.6) is 11.5 Å². The van der Waals surface area contributed by atoms with Gasteiger partial charge in [0.2, 0.25) is 24.1 Å². The van der Waals surface area contributed by atoms with Crippen LogP contribution in [0.3, 0.4) is 0 Å². The summed E-state index contributed by atoms with van der Waals surface area (Å²) in [5, 5.41) is 0.755. The van der Waals surface area contributed by atoms with Gasteiger partial charge >= 0.3 is 0 Å². The highest BCUT2D eigenvalue weighted by molar-refractivity contribution is 14.1. The largest absolute Gasteiger partial charge is 0.454 e. The zero-order chi connectivity index (χ0) is 19.8. The lowest BCUT2D eigenvalue weighted by Crippen LogP contribution is -2.36. The molecule has 3 heterocycles. The molecule has 2 aromatic heterocycles. The number of hydrogen-bond acceptors (Lipinski definition) is 6. The number of nitrogens with two attached hydrogens (primary N) is 1. The van der Waals surface area contributed by atoms with Gasteiger partial charge in [-0.2, -0.15) is 0 Å². The Morgan fingerprint density at radius 3 is 2.79 bits per heavy atom. The normalized spacial score (nSPS) is 12.6. The van der Waals surface area contributed by atoms with Crippen LogP contribution in [0.25, 0.3) is 11.2 Å². The molecule has 0 amide bonds. The van der Waals surface area contributed by atoms with Crippen LogP contribution in [0.1, 0.15) is 5.56 Å². The van der Waals surface area contributed by atoms with Crippen molar-refractivity contribution in [2.24, 2.45) is 0 Å². The highest BCUT2D eigenvalue weighted by atomic mass is 127. The van der Waals surface area contributed by atoms with Crippen molar-refractivity contribution in [3.8, 4) is 11.5 Å². The quantitative estimate of drug-likeness (QED) is 0.310. The maximum atomic E-state index is 6.10. The van der Waals surface area contributed by atoms with Gasteiger partial charge < -0.3 is 20.2 Å². The number of nitrogen functional groups attached to an aromatic ring is 1. The number of aromatic nitrogens is 4. The Balaban J connectivity index is 1.45. The van der Waals surface area contributed by atoms with Crippen molar-refractivity contribution in [1.82, 2.24) is 15.0 Å². The molecule has 5 rings (SSSR count). The summed E-state index contributed by atoms with van der Waals surface area (Å²) in [6, 6.07) is 14.3. The molecule has 2 aromatic carbocycles. The van der Waals surface area contributed by atoms with Gasteiger partial charge in [0.25, 0.3) is 5.65 Å². The summed E-state index contributed by atoms with van der Waals surface area (Å²) in [7, 11) is 0. The van der Waals surface area contributed by atoms with E-state index in [2.05, 4.69) is 44.7 Å². The number of rotatable bonds is 5. The minimum Gasteiger partial charge on any atom is -0.454 e. The summed E-state index contributed by atoms with van der Waals surface area (Å²) >= 11 is 3.82. The lowest BCUT2D eigenvalue weighted by molar-refractivity contribution is -0.675. The predicted octanol–water partition coefficient (Wildman–Crippen LogP) is 3.55. The lowest BCUT2D eigenvalue weighted by Gasteiger charge is -2.03. The van der Waals surface area contributed by atoms with Crippen LogP contribution in [0.4, 0.5) is 5.82 Å². The molecule has 0 saturated heterocycles. The van der Waals surface area contributed by atoms with Gasteiger partial charge in [-0.15, -0.1) is 0 Å². The predicted molar refractivity (Wildman–Crippen MR) is 118 cm³/mol. The third-order valence-corrected chi connectivity index (χ3v) is 6.85. The number of ether oxygens (including phenoxy) is 2. The number of aromatic amines is 1. The van der Waals surface area contributed by atoms with Crippen molar-refractivity contribution in [1.29, 1.82) is 0 Å². The van der Waals surface area contributed by atoms with Gasteiger partial charge in [0, 0.05) is 14.9 Å². The Labute approximate surface area is 184 Å². The number of fused-ring (bicyclic) bond motifs is 2. The third-order valence-electron chi connectivity index (χ3n) is 4.65. The topological polar surface area (TPSA) is 89.9 Å². The van der Waals surface area contributed by atoms with Crippen molar-refractivity contribution in [3.05, 3.63) is 57.9 Å². The second kappa shape index (κ2) is 7.71. The van der Waals surface area contributed by atoms with E-state index in [1.165, 1.54) is 17.3 Å². The molecule has 0 atom stereocenters. The molecule has 9 heteroatoms. The van der Waals surface area contributed by atoms with Gasteiger partial charge in [-0.3, -0.25) is 0 Å². The molecule has 1 aliphatic rings. The lowest BCUT2D eigenvalue weighted by atomic mass is 10.1. The molecule has 0 unspecified atom stereocenters. The van der Waals surface area contributed by atoms with E-state index >= 15 is 0 Å². The van der Waals surface area contributed by atoms with E-state index in [0.29, 0.717) is 5.82 Å². The average Bonchev–Trinajstić information content (AvgIpc) is 3.36. The number of H-pyrrole nitrogens is 1. The summed E-state index contributed by atoms with van der Waals surface area (Å²) in [4.78, 5) is 13.5. The molecule has 146 valence electrons. The SMILES string of the molecule is Nc1nc[n+](CCc2ccccc2)c2nc(Sc3cc4c(cc3I)OCO4)[nH]c12. The van der Waals surface area contributed by atoms with E-state index in [0.717, 1.165) is 49.3 Å². The van der Waals surface area contributed by atoms with Crippen molar-refractivity contribution < 1.29 is 14.0 Å². The van der Waals surface area contributed by atoms with E-state index in [4.69, 9.17) is 20.2 Å². The molecule has 0 aliphatic carbocycles. The first kappa shape index (κ1) is 18.5. The monoisotopic (exact) mass is 518 g/mol. The van der Waals surface area contributed by atoms with Gasteiger partial charge in [-0.05, 0) is 52.0 Å². The van der Waals surface area contributed by atoms with E-state index < -0.39 is 0 Å². The number of imidazole rings is 1. The molecule has 4 aromatic rings. The van der Waals surface area contributed by atoms with Crippen LogP contribution in [-0.4, -0.2) is 21.7 Å². The zero-order valence-corrected chi connectivity index (χ0v) is 18.2. The number of hydrogen-bond donors (Lipinski definition) is 2. The summed E-state index contributed by atoms with van der Waals surface area (Å²) in [5.74, 6) is 1.97. The highest BCUT2D eigenvalue weighted by Crippen LogP contribution is 2.40. The molecule has 1 aliphatic heterocycles. The van der Waals surface area contributed by atoms with Gasteiger partial charge in [-0.25, -0.2) is 4.57 Å². The van der Waals surface area contributed by atoms with Crippen LogP contribution in [0, 0.1) is 3.57 Å². The van der Waals surface area contributed by atoms with Crippen molar-refractivity contribution >= 4 is 51.3 Å².